The van der Waals surface area contributed by atoms with Crippen LogP contribution < -0.4 is 5.32 Å². The quantitative estimate of drug-likeness (QED) is 0.764. The molecule has 0 heterocycles. The molecular formula is C17H27N. The Hall–Kier alpha value is -0.820. The lowest BCUT2D eigenvalue weighted by atomic mass is 9.77. The Balaban J connectivity index is 1.85. The van der Waals surface area contributed by atoms with Gasteiger partial charge < -0.3 is 5.32 Å². The molecule has 1 aromatic rings. The smallest absolute Gasteiger partial charge is 0.00965 e. The van der Waals surface area contributed by atoms with E-state index in [0.29, 0.717) is 0 Å². The Labute approximate surface area is 112 Å². The van der Waals surface area contributed by atoms with Gasteiger partial charge in [-0.3, -0.25) is 0 Å². The van der Waals surface area contributed by atoms with Crippen molar-refractivity contribution in [2.24, 2.45) is 0 Å². The molecule has 0 amide bonds. The van der Waals surface area contributed by atoms with Gasteiger partial charge in [0, 0.05) is 5.54 Å². The van der Waals surface area contributed by atoms with Crippen LogP contribution in [-0.2, 0) is 6.42 Å². The van der Waals surface area contributed by atoms with Crippen LogP contribution in [0.3, 0.4) is 0 Å². The molecule has 1 heteroatoms. The molecule has 1 N–H and O–H groups in total. The second-order valence-electron chi connectivity index (χ2n) is 6.61. The van der Waals surface area contributed by atoms with Crippen LogP contribution >= 0.6 is 0 Å². The van der Waals surface area contributed by atoms with Gasteiger partial charge in [-0.25, -0.2) is 0 Å². The minimum Gasteiger partial charge on any atom is -0.312 e. The number of benzene rings is 1. The molecule has 0 aliphatic heterocycles. The predicted octanol–water partition coefficient (Wildman–Crippen LogP) is 4.27. The maximum atomic E-state index is 3.57. The van der Waals surface area contributed by atoms with Crippen molar-refractivity contribution >= 4 is 0 Å². The highest BCUT2D eigenvalue weighted by atomic mass is 14.9. The Kier molecular flexibility index (Phi) is 4.45. The van der Waals surface area contributed by atoms with Crippen LogP contribution in [0.2, 0.25) is 0 Å². The molecule has 2 rings (SSSR count). The Morgan fingerprint density at radius 1 is 1.17 bits per heavy atom. The van der Waals surface area contributed by atoms with Crippen molar-refractivity contribution in [1.82, 2.24) is 5.32 Å². The molecule has 0 spiro atoms. The number of nitrogens with one attached hydrogen (secondary N) is 1. The second kappa shape index (κ2) is 5.88. The van der Waals surface area contributed by atoms with E-state index in [0.717, 1.165) is 12.5 Å². The van der Waals surface area contributed by atoms with Gasteiger partial charge in [0.2, 0.25) is 0 Å². The van der Waals surface area contributed by atoms with Crippen LogP contribution in [0.1, 0.15) is 63.5 Å². The number of hydrogen-bond donors (Lipinski definition) is 1. The number of hydrogen-bond acceptors (Lipinski definition) is 1. The van der Waals surface area contributed by atoms with Crippen molar-refractivity contribution < 1.29 is 0 Å². The second-order valence-corrected chi connectivity index (χ2v) is 6.61. The fraction of sp³-hybridized carbons (Fsp3) is 0.647. The molecule has 0 saturated heterocycles. The van der Waals surface area contributed by atoms with Gasteiger partial charge in [0.05, 0.1) is 0 Å². The molecule has 0 bridgehead atoms. The van der Waals surface area contributed by atoms with E-state index in [1.54, 1.807) is 11.1 Å². The van der Waals surface area contributed by atoms with Gasteiger partial charge in [0.1, 0.15) is 0 Å². The van der Waals surface area contributed by atoms with Crippen LogP contribution in [0.25, 0.3) is 0 Å². The first kappa shape index (κ1) is 13.6. The molecule has 1 saturated carbocycles. The summed E-state index contributed by atoms with van der Waals surface area (Å²) in [6.07, 6.45) is 6.68. The summed E-state index contributed by atoms with van der Waals surface area (Å²) in [6.45, 7) is 7.81. The first-order valence-corrected chi connectivity index (χ1v) is 7.39. The molecule has 1 aliphatic rings. The zero-order valence-corrected chi connectivity index (χ0v) is 12.1. The van der Waals surface area contributed by atoms with E-state index in [4.69, 9.17) is 0 Å². The van der Waals surface area contributed by atoms with E-state index in [1.165, 1.54) is 32.1 Å². The average Bonchev–Trinajstić information content (AvgIpc) is 2.23. The zero-order valence-electron chi connectivity index (χ0n) is 12.1. The fourth-order valence-electron chi connectivity index (χ4n) is 2.62. The van der Waals surface area contributed by atoms with E-state index in [-0.39, 0.29) is 5.54 Å². The third kappa shape index (κ3) is 3.84. The summed E-state index contributed by atoms with van der Waals surface area (Å²) >= 11 is 0. The first-order chi connectivity index (χ1) is 8.56. The molecule has 1 aliphatic carbocycles. The lowest BCUT2D eigenvalue weighted by Gasteiger charge is -2.28. The lowest BCUT2D eigenvalue weighted by Crippen LogP contribution is -2.36. The molecular weight excluding hydrogens is 218 g/mol. The highest BCUT2D eigenvalue weighted by Crippen LogP contribution is 2.38. The van der Waals surface area contributed by atoms with Crippen molar-refractivity contribution in [1.29, 1.82) is 0 Å². The van der Waals surface area contributed by atoms with E-state index in [1.807, 2.05) is 0 Å². The van der Waals surface area contributed by atoms with Crippen LogP contribution in [-0.4, -0.2) is 12.1 Å². The van der Waals surface area contributed by atoms with Crippen LogP contribution in [0.4, 0.5) is 0 Å². The Morgan fingerprint density at radius 3 is 2.50 bits per heavy atom. The fourth-order valence-corrected chi connectivity index (χ4v) is 2.62. The number of aryl methyl sites for hydroxylation is 1. The molecule has 1 nitrogen and oxygen atoms in total. The first-order valence-electron chi connectivity index (χ1n) is 7.39. The summed E-state index contributed by atoms with van der Waals surface area (Å²) in [5.41, 5.74) is 3.45. The molecule has 0 atom stereocenters. The molecule has 18 heavy (non-hydrogen) atoms. The highest BCUT2D eigenvalue weighted by Gasteiger charge is 2.21. The monoisotopic (exact) mass is 245 g/mol. The SMILES string of the molecule is CC(C)(C)NCCCc1ccccc1C1CCC1. The molecule has 0 unspecified atom stereocenters. The minimum absolute atomic E-state index is 0.244. The van der Waals surface area contributed by atoms with Gasteiger partial charge in [0.15, 0.2) is 0 Å². The third-order valence-electron chi connectivity index (χ3n) is 3.88. The number of rotatable bonds is 5. The van der Waals surface area contributed by atoms with Gasteiger partial charge in [0.25, 0.3) is 0 Å². The van der Waals surface area contributed by atoms with Crippen molar-refractivity contribution in [2.45, 2.75) is 64.3 Å². The lowest BCUT2D eigenvalue weighted by molar-refractivity contribution is 0.412. The summed E-state index contributed by atoms with van der Waals surface area (Å²) < 4.78 is 0. The largest absolute Gasteiger partial charge is 0.312 e. The maximum Gasteiger partial charge on any atom is 0.00965 e. The van der Waals surface area contributed by atoms with Crippen molar-refractivity contribution in [3.05, 3.63) is 35.4 Å². The molecule has 0 radical (unpaired) electrons. The summed E-state index contributed by atoms with van der Waals surface area (Å²) in [7, 11) is 0. The van der Waals surface area contributed by atoms with Crippen molar-refractivity contribution in [3.8, 4) is 0 Å². The highest BCUT2D eigenvalue weighted by molar-refractivity contribution is 5.31. The summed E-state index contributed by atoms with van der Waals surface area (Å²) in [6, 6.07) is 9.06. The summed E-state index contributed by atoms with van der Waals surface area (Å²) in [4.78, 5) is 0. The summed E-state index contributed by atoms with van der Waals surface area (Å²) in [5, 5.41) is 3.57. The molecule has 0 aromatic heterocycles. The molecule has 1 aromatic carbocycles. The van der Waals surface area contributed by atoms with Crippen LogP contribution in [0.5, 0.6) is 0 Å². The topological polar surface area (TPSA) is 12.0 Å². The Bertz CT molecular complexity index is 371. The normalized spacial score (nSPS) is 16.6. The van der Waals surface area contributed by atoms with Gasteiger partial charge in [-0.15, -0.1) is 0 Å². The molecule has 1 fully saturated rings. The minimum atomic E-state index is 0.244. The van der Waals surface area contributed by atoms with Gasteiger partial charge in [-0.2, -0.15) is 0 Å². The van der Waals surface area contributed by atoms with Crippen molar-refractivity contribution in [2.75, 3.05) is 6.54 Å². The van der Waals surface area contributed by atoms with Crippen LogP contribution in [0.15, 0.2) is 24.3 Å². The van der Waals surface area contributed by atoms with E-state index >= 15 is 0 Å². The zero-order chi connectivity index (χ0) is 13.0. The van der Waals surface area contributed by atoms with Crippen molar-refractivity contribution in [3.63, 3.8) is 0 Å². The van der Waals surface area contributed by atoms with Crippen LogP contribution in [0, 0.1) is 0 Å². The van der Waals surface area contributed by atoms with Gasteiger partial charge in [-0.05, 0) is 70.0 Å². The average molecular weight is 245 g/mol. The maximum absolute atomic E-state index is 3.57. The predicted molar refractivity (Wildman–Crippen MR) is 79.1 cm³/mol. The van der Waals surface area contributed by atoms with E-state index in [9.17, 15) is 0 Å². The summed E-state index contributed by atoms with van der Waals surface area (Å²) in [5.74, 6) is 0.858. The Morgan fingerprint density at radius 2 is 1.89 bits per heavy atom. The standard InChI is InChI=1S/C17H27N/c1-17(2,3)18-13-7-11-14-8-4-5-12-16(14)15-9-6-10-15/h4-5,8,12,15,18H,6-7,9-11,13H2,1-3H3. The van der Waals surface area contributed by atoms with Gasteiger partial charge in [-0.1, -0.05) is 30.7 Å². The van der Waals surface area contributed by atoms with Gasteiger partial charge >= 0.3 is 0 Å². The molecule has 100 valence electrons. The van der Waals surface area contributed by atoms with E-state index < -0.39 is 0 Å². The third-order valence-corrected chi connectivity index (χ3v) is 3.88. The van der Waals surface area contributed by atoms with E-state index in [2.05, 4.69) is 50.4 Å².